The van der Waals surface area contributed by atoms with Gasteiger partial charge >= 0.3 is 0 Å². The van der Waals surface area contributed by atoms with Crippen molar-refractivity contribution >= 4 is 5.78 Å². The van der Waals surface area contributed by atoms with Crippen molar-refractivity contribution < 1.29 is 4.79 Å². The van der Waals surface area contributed by atoms with Gasteiger partial charge in [0.05, 0.1) is 5.69 Å². The Labute approximate surface area is 98.3 Å². The SMILES string of the molecule is Cc1ccc(=O)n(CC(=O)c2ccn(C)c2)n1. The van der Waals surface area contributed by atoms with Gasteiger partial charge in [0, 0.05) is 31.1 Å². The molecule has 0 aliphatic carbocycles. The summed E-state index contributed by atoms with van der Waals surface area (Å²) in [5.74, 6) is -0.120. The highest BCUT2D eigenvalue weighted by Crippen LogP contribution is 2.02. The maximum absolute atomic E-state index is 11.9. The van der Waals surface area contributed by atoms with Gasteiger partial charge in [-0.1, -0.05) is 0 Å². The van der Waals surface area contributed by atoms with E-state index in [1.807, 2.05) is 7.05 Å². The van der Waals surface area contributed by atoms with E-state index in [1.165, 1.54) is 10.7 Å². The molecule has 5 heteroatoms. The minimum atomic E-state index is -0.264. The molecule has 2 aromatic heterocycles. The van der Waals surface area contributed by atoms with Gasteiger partial charge in [0.15, 0.2) is 5.78 Å². The van der Waals surface area contributed by atoms with E-state index in [0.29, 0.717) is 11.3 Å². The van der Waals surface area contributed by atoms with Crippen molar-refractivity contribution in [2.75, 3.05) is 0 Å². The third kappa shape index (κ3) is 2.50. The largest absolute Gasteiger partial charge is 0.357 e. The van der Waals surface area contributed by atoms with Crippen LogP contribution in [0.15, 0.2) is 35.4 Å². The zero-order chi connectivity index (χ0) is 12.4. The van der Waals surface area contributed by atoms with Crippen LogP contribution in [0.1, 0.15) is 16.1 Å². The molecule has 0 N–H and O–H groups in total. The van der Waals surface area contributed by atoms with Gasteiger partial charge < -0.3 is 4.57 Å². The maximum Gasteiger partial charge on any atom is 0.267 e. The number of carbonyl (C=O) groups is 1. The molecule has 0 saturated carbocycles. The zero-order valence-electron chi connectivity index (χ0n) is 9.75. The highest BCUT2D eigenvalue weighted by molar-refractivity contribution is 5.95. The maximum atomic E-state index is 11.9. The van der Waals surface area contributed by atoms with Crippen LogP contribution in [0.5, 0.6) is 0 Å². The van der Waals surface area contributed by atoms with E-state index in [4.69, 9.17) is 0 Å². The molecule has 2 rings (SSSR count). The Morgan fingerprint density at radius 3 is 2.76 bits per heavy atom. The molecule has 0 aromatic carbocycles. The Bertz CT molecular complexity index is 610. The fourth-order valence-electron chi connectivity index (χ4n) is 1.56. The molecule has 0 amide bonds. The minimum Gasteiger partial charge on any atom is -0.357 e. The predicted octanol–water partition coefficient (Wildman–Crippen LogP) is 0.773. The standard InChI is InChI=1S/C12H13N3O2/c1-9-3-4-12(17)15(13-9)8-11(16)10-5-6-14(2)7-10/h3-7H,8H2,1-2H3. The second-order valence-corrected chi connectivity index (χ2v) is 3.96. The lowest BCUT2D eigenvalue weighted by atomic mass is 10.2. The topological polar surface area (TPSA) is 56.9 Å². The number of rotatable bonds is 3. The predicted molar refractivity (Wildman–Crippen MR) is 63.0 cm³/mol. The minimum absolute atomic E-state index is 0.0233. The second kappa shape index (κ2) is 4.37. The molecule has 88 valence electrons. The molecule has 0 spiro atoms. The van der Waals surface area contributed by atoms with Crippen molar-refractivity contribution in [2.45, 2.75) is 13.5 Å². The molecule has 0 fully saturated rings. The van der Waals surface area contributed by atoms with Gasteiger partial charge in [-0.25, -0.2) is 4.68 Å². The van der Waals surface area contributed by atoms with Crippen LogP contribution in [-0.2, 0) is 13.6 Å². The number of ketones is 1. The van der Waals surface area contributed by atoms with Gasteiger partial charge in [0.25, 0.3) is 5.56 Å². The van der Waals surface area contributed by atoms with Crippen molar-refractivity contribution in [3.05, 3.63) is 52.2 Å². The van der Waals surface area contributed by atoms with Crippen LogP contribution in [0, 0.1) is 6.92 Å². The lowest BCUT2D eigenvalue weighted by Gasteiger charge is -2.03. The van der Waals surface area contributed by atoms with E-state index in [0.717, 1.165) is 0 Å². The highest BCUT2D eigenvalue weighted by atomic mass is 16.1. The number of nitrogens with zero attached hydrogens (tertiary/aromatic N) is 3. The molecule has 2 aromatic rings. The van der Waals surface area contributed by atoms with Crippen LogP contribution >= 0.6 is 0 Å². The van der Waals surface area contributed by atoms with Crippen LogP contribution < -0.4 is 5.56 Å². The van der Waals surface area contributed by atoms with Crippen molar-refractivity contribution in [2.24, 2.45) is 7.05 Å². The molecule has 0 aliphatic heterocycles. The lowest BCUT2D eigenvalue weighted by Crippen LogP contribution is -2.26. The summed E-state index contributed by atoms with van der Waals surface area (Å²) in [7, 11) is 1.84. The number of aryl methyl sites for hydroxylation is 2. The summed E-state index contributed by atoms with van der Waals surface area (Å²) in [4.78, 5) is 23.4. The van der Waals surface area contributed by atoms with Crippen LogP contribution in [0.4, 0.5) is 0 Å². The Balaban J connectivity index is 2.24. The molecule has 5 nitrogen and oxygen atoms in total. The van der Waals surface area contributed by atoms with Crippen LogP contribution in [0.3, 0.4) is 0 Å². The average molecular weight is 231 g/mol. The fraction of sp³-hybridized carbons (Fsp3) is 0.250. The molecule has 0 unspecified atom stereocenters. The number of carbonyl (C=O) groups excluding carboxylic acids is 1. The second-order valence-electron chi connectivity index (χ2n) is 3.96. The first-order valence-electron chi connectivity index (χ1n) is 5.26. The summed E-state index contributed by atoms with van der Waals surface area (Å²) in [6.07, 6.45) is 3.52. The summed E-state index contributed by atoms with van der Waals surface area (Å²) in [5.41, 5.74) is 1.04. The van der Waals surface area contributed by atoms with Crippen LogP contribution in [0.25, 0.3) is 0 Å². The first kappa shape index (κ1) is 11.3. The highest BCUT2D eigenvalue weighted by Gasteiger charge is 2.09. The number of Topliss-reactive ketones (excluding diaryl/α,β-unsaturated/α-hetero) is 1. The fourth-order valence-corrected chi connectivity index (χ4v) is 1.56. The Hall–Kier alpha value is -2.17. The normalized spacial score (nSPS) is 10.5. The van der Waals surface area contributed by atoms with E-state index >= 15 is 0 Å². The summed E-state index contributed by atoms with van der Waals surface area (Å²) >= 11 is 0. The van der Waals surface area contributed by atoms with E-state index in [9.17, 15) is 9.59 Å². The van der Waals surface area contributed by atoms with E-state index in [2.05, 4.69) is 5.10 Å². The summed E-state index contributed by atoms with van der Waals surface area (Å²) < 4.78 is 2.98. The molecule has 0 radical (unpaired) electrons. The third-order valence-electron chi connectivity index (χ3n) is 2.45. The first-order valence-corrected chi connectivity index (χ1v) is 5.26. The van der Waals surface area contributed by atoms with Gasteiger partial charge in [-0.05, 0) is 19.1 Å². The summed E-state index contributed by atoms with van der Waals surface area (Å²) in [6, 6.07) is 4.77. The van der Waals surface area contributed by atoms with Gasteiger partial charge in [0.1, 0.15) is 6.54 Å². The molecule has 0 bridgehead atoms. The van der Waals surface area contributed by atoms with Crippen LogP contribution in [0.2, 0.25) is 0 Å². The van der Waals surface area contributed by atoms with Crippen LogP contribution in [-0.4, -0.2) is 20.1 Å². The summed E-state index contributed by atoms with van der Waals surface area (Å²) in [6.45, 7) is 1.76. The molecule has 0 aliphatic rings. The quantitative estimate of drug-likeness (QED) is 0.733. The number of hydrogen-bond acceptors (Lipinski definition) is 3. The van der Waals surface area contributed by atoms with Gasteiger partial charge in [-0.15, -0.1) is 0 Å². The molecular weight excluding hydrogens is 218 g/mol. The van der Waals surface area contributed by atoms with Gasteiger partial charge in [-0.3, -0.25) is 9.59 Å². The summed E-state index contributed by atoms with van der Waals surface area (Å²) in [5, 5.41) is 4.02. The Morgan fingerprint density at radius 2 is 2.12 bits per heavy atom. The molecule has 2 heterocycles. The monoisotopic (exact) mass is 231 g/mol. The number of aromatic nitrogens is 3. The van der Waals surface area contributed by atoms with E-state index in [1.54, 1.807) is 36.0 Å². The Kier molecular flexibility index (Phi) is 2.91. The molecular formula is C12H13N3O2. The molecule has 0 saturated heterocycles. The first-order chi connectivity index (χ1) is 8.06. The van der Waals surface area contributed by atoms with Crippen molar-refractivity contribution in [3.8, 4) is 0 Å². The van der Waals surface area contributed by atoms with Crippen molar-refractivity contribution in [3.63, 3.8) is 0 Å². The average Bonchev–Trinajstić information content (AvgIpc) is 2.70. The van der Waals surface area contributed by atoms with Gasteiger partial charge in [0.2, 0.25) is 0 Å². The molecule has 17 heavy (non-hydrogen) atoms. The van der Waals surface area contributed by atoms with Crippen molar-refractivity contribution in [1.82, 2.24) is 14.3 Å². The van der Waals surface area contributed by atoms with E-state index < -0.39 is 0 Å². The zero-order valence-corrected chi connectivity index (χ0v) is 9.75. The number of hydrogen-bond donors (Lipinski definition) is 0. The van der Waals surface area contributed by atoms with Gasteiger partial charge in [-0.2, -0.15) is 5.10 Å². The van der Waals surface area contributed by atoms with Crippen molar-refractivity contribution in [1.29, 1.82) is 0 Å². The Morgan fingerprint density at radius 1 is 1.35 bits per heavy atom. The molecule has 0 atom stereocenters. The van der Waals surface area contributed by atoms with E-state index in [-0.39, 0.29) is 17.9 Å². The third-order valence-corrected chi connectivity index (χ3v) is 2.45. The smallest absolute Gasteiger partial charge is 0.267 e. The lowest BCUT2D eigenvalue weighted by molar-refractivity contribution is 0.0965.